The second kappa shape index (κ2) is 4.69. The number of aromatic nitrogens is 3. The molecule has 0 aliphatic carbocycles. The van der Waals surface area contributed by atoms with Gasteiger partial charge in [0.15, 0.2) is 11.5 Å². The third kappa shape index (κ3) is 2.26. The second-order valence-corrected chi connectivity index (χ2v) is 4.30. The number of hydrogen-bond donors (Lipinski definition) is 0. The molecule has 0 N–H and O–H groups in total. The highest BCUT2D eigenvalue weighted by molar-refractivity contribution is 6.08. The lowest BCUT2D eigenvalue weighted by atomic mass is 10.0. The van der Waals surface area contributed by atoms with Crippen LogP contribution in [0.3, 0.4) is 0 Å². The number of carbonyl (C=O) groups is 1. The van der Waals surface area contributed by atoms with E-state index in [4.69, 9.17) is 0 Å². The van der Waals surface area contributed by atoms with Gasteiger partial charge in [0, 0.05) is 18.0 Å². The van der Waals surface area contributed by atoms with E-state index in [0.29, 0.717) is 5.65 Å². The van der Waals surface area contributed by atoms with Crippen molar-refractivity contribution in [2.75, 3.05) is 0 Å². The predicted octanol–water partition coefficient (Wildman–Crippen LogP) is 2.98. The van der Waals surface area contributed by atoms with Crippen molar-refractivity contribution in [3.8, 4) is 0 Å². The molecule has 3 aromatic rings. The molecule has 0 spiro atoms. The second-order valence-electron chi connectivity index (χ2n) is 4.30. The molecule has 0 atom stereocenters. The van der Waals surface area contributed by atoms with E-state index >= 15 is 0 Å². The summed E-state index contributed by atoms with van der Waals surface area (Å²) in [7, 11) is 0. The van der Waals surface area contributed by atoms with E-state index < -0.39 is 23.1 Å². The molecular weight excluding hydrogens is 283 g/mol. The molecule has 0 fully saturated rings. The summed E-state index contributed by atoms with van der Waals surface area (Å²) in [6.45, 7) is 0. The molecule has 4 nitrogen and oxygen atoms in total. The quantitative estimate of drug-likeness (QED) is 0.682. The molecule has 3 rings (SSSR count). The van der Waals surface area contributed by atoms with E-state index in [-0.39, 0.29) is 5.82 Å². The Kier molecular flexibility index (Phi) is 2.97. The van der Waals surface area contributed by atoms with Gasteiger partial charge in [-0.1, -0.05) is 18.2 Å². The standard InChI is InChI=1S/C14H8F3N3O/c15-14(16,17)10-5-2-1-4-9(10)12(21)13-19-8-11-18-6-3-7-20(11)13/h1-8H. The van der Waals surface area contributed by atoms with Gasteiger partial charge in [0.25, 0.3) is 0 Å². The number of alkyl halides is 3. The maximum absolute atomic E-state index is 13.0. The van der Waals surface area contributed by atoms with Gasteiger partial charge < -0.3 is 0 Å². The summed E-state index contributed by atoms with van der Waals surface area (Å²) in [5, 5.41) is 0. The van der Waals surface area contributed by atoms with Crippen LogP contribution in [0.5, 0.6) is 0 Å². The largest absolute Gasteiger partial charge is 0.417 e. The average molecular weight is 291 g/mol. The number of hydrogen-bond acceptors (Lipinski definition) is 3. The average Bonchev–Trinajstić information content (AvgIpc) is 2.89. The third-order valence-corrected chi connectivity index (χ3v) is 2.99. The van der Waals surface area contributed by atoms with Gasteiger partial charge in [-0.15, -0.1) is 0 Å². The molecule has 0 bridgehead atoms. The molecule has 0 amide bonds. The topological polar surface area (TPSA) is 47.3 Å². The number of rotatable bonds is 2. The third-order valence-electron chi connectivity index (χ3n) is 2.99. The van der Waals surface area contributed by atoms with E-state index in [0.717, 1.165) is 12.1 Å². The van der Waals surface area contributed by atoms with Gasteiger partial charge in [-0.2, -0.15) is 13.2 Å². The van der Waals surface area contributed by atoms with Crippen LogP contribution in [0.15, 0.2) is 48.9 Å². The van der Waals surface area contributed by atoms with E-state index in [1.54, 1.807) is 6.07 Å². The van der Waals surface area contributed by atoms with E-state index in [9.17, 15) is 18.0 Å². The zero-order chi connectivity index (χ0) is 15.0. The van der Waals surface area contributed by atoms with Crippen LogP contribution in [-0.4, -0.2) is 20.2 Å². The zero-order valence-electron chi connectivity index (χ0n) is 10.5. The van der Waals surface area contributed by atoms with Crippen LogP contribution in [-0.2, 0) is 6.18 Å². The first kappa shape index (κ1) is 13.3. The Labute approximate surface area is 116 Å². The Bertz CT molecular complexity index is 823. The Morgan fingerprint density at radius 2 is 1.86 bits per heavy atom. The van der Waals surface area contributed by atoms with Crippen LogP contribution >= 0.6 is 0 Å². The number of ketones is 1. The van der Waals surface area contributed by atoms with Crippen molar-refractivity contribution in [2.24, 2.45) is 0 Å². The Morgan fingerprint density at radius 1 is 1.10 bits per heavy atom. The van der Waals surface area contributed by atoms with Crippen LogP contribution in [0, 0.1) is 0 Å². The van der Waals surface area contributed by atoms with Crippen LogP contribution in [0.25, 0.3) is 5.65 Å². The lowest BCUT2D eigenvalue weighted by Crippen LogP contribution is -2.15. The van der Waals surface area contributed by atoms with Crippen molar-refractivity contribution in [1.29, 1.82) is 0 Å². The lowest BCUT2D eigenvalue weighted by Gasteiger charge is -2.11. The van der Waals surface area contributed by atoms with Crippen LogP contribution in [0.4, 0.5) is 13.2 Å². The minimum absolute atomic E-state index is 0.102. The fourth-order valence-corrected chi connectivity index (χ4v) is 2.06. The molecule has 7 heteroatoms. The summed E-state index contributed by atoms with van der Waals surface area (Å²) < 4.78 is 40.3. The fraction of sp³-hybridized carbons (Fsp3) is 0.0714. The first-order valence-corrected chi connectivity index (χ1v) is 5.97. The van der Waals surface area contributed by atoms with Crippen molar-refractivity contribution in [3.63, 3.8) is 0 Å². The van der Waals surface area contributed by atoms with Crippen LogP contribution < -0.4 is 0 Å². The zero-order valence-corrected chi connectivity index (χ0v) is 10.5. The van der Waals surface area contributed by atoms with Gasteiger partial charge in [-0.05, 0) is 12.1 Å². The van der Waals surface area contributed by atoms with E-state index in [2.05, 4.69) is 9.97 Å². The Hall–Kier alpha value is -2.70. The molecule has 0 saturated heterocycles. The maximum atomic E-state index is 13.0. The van der Waals surface area contributed by atoms with Gasteiger partial charge in [-0.25, -0.2) is 9.97 Å². The minimum atomic E-state index is -4.60. The first-order chi connectivity index (χ1) is 9.98. The monoisotopic (exact) mass is 291 g/mol. The first-order valence-electron chi connectivity index (χ1n) is 5.97. The lowest BCUT2D eigenvalue weighted by molar-refractivity contribution is -0.137. The molecule has 2 aromatic heterocycles. The predicted molar refractivity (Wildman–Crippen MR) is 67.9 cm³/mol. The molecule has 0 radical (unpaired) electrons. The summed E-state index contributed by atoms with van der Waals surface area (Å²) >= 11 is 0. The SMILES string of the molecule is O=C(c1ccccc1C(F)(F)F)c1ncc2ncccn12. The Balaban J connectivity index is 2.16. The molecule has 0 saturated carbocycles. The summed E-state index contributed by atoms with van der Waals surface area (Å²) in [5.41, 5.74) is -1.01. The highest BCUT2D eigenvalue weighted by Crippen LogP contribution is 2.32. The Morgan fingerprint density at radius 3 is 2.62 bits per heavy atom. The molecule has 0 aliphatic heterocycles. The minimum Gasteiger partial charge on any atom is -0.285 e. The van der Waals surface area contributed by atoms with Gasteiger partial charge in [-0.3, -0.25) is 9.20 Å². The number of nitrogens with zero attached hydrogens (tertiary/aromatic N) is 3. The van der Waals surface area contributed by atoms with Crippen LogP contribution in [0.1, 0.15) is 21.7 Å². The summed E-state index contributed by atoms with van der Waals surface area (Å²) in [4.78, 5) is 20.2. The summed E-state index contributed by atoms with van der Waals surface area (Å²) in [5.74, 6) is -0.897. The maximum Gasteiger partial charge on any atom is 0.417 e. The van der Waals surface area contributed by atoms with E-state index in [1.165, 1.54) is 35.1 Å². The molecule has 2 heterocycles. The van der Waals surface area contributed by atoms with Crippen molar-refractivity contribution < 1.29 is 18.0 Å². The highest BCUT2D eigenvalue weighted by atomic mass is 19.4. The van der Waals surface area contributed by atoms with Crippen molar-refractivity contribution in [2.45, 2.75) is 6.18 Å². The number of halogens is 3. The molecule has 21 heavy (non-hydrogen) atoms. The number of imidazole rings is 1. The molecule has 0 unspecified atom stereocenters. The fourth-order valence-electron chi connectivity index (χ4n) is 2.06. The van der Waals surface area contributed by atoms with Gasteiger partial charge >= 0.3 is 6.18 Å². The van der Waals surface area contributed by atoms with Crippen LogP contribution in [0.2, 0.25) is 0 Å². The normalized spacial score (nSPS) is 11.8. The highest BCUT2D eigenvalue weighted by Gasteiger charge is 2.35. The molecular formula is C14H8F3N3O. The summed E-state index contributed by atoms with van der Waals surface area (Å²) in [6, 6.07) is 6.21. The van der Waals surface area contributed by atoms with Gasteiger partial charge in [0.2, 0.25) is 5.78 Å². The molecule has 106 valence electrons. The smallest absolute Gasteiger partial charge is 0.285 e. The number of fused-ring (bicyclic) bond motifs is 1. The van der Waals surface area contributed by atoms with Crippen molar-refractivity contribution >= 4 is 11.4 Å². The van der Waals surface area contributed by atoms with Crippen molar-refractivity contribution in [3.05, 3.63) is 65.9 Å². The summed E-state index contributed by atoms with van der Waals surface area (Å²) in [6.07, 6.45) is -0.227. The number of benzene rings is 1. The van der Waals surface area contributed by atoms with E-state index in [1.807, 2.05) is 0 Å². The molecule has 1 aromatic carbocycles. The van der Waals surface area contributed by atoms with Gasteiger partial charge in [0.1, 0.15) is 0 Å². The van der Waals surface area contributed by atoms with Gasteiger partial charge in [0.05, 0.1) is 11.8 Å². The van der Waals surface area contributed by atoms with Crippen molar-refractivity contribution in [1.82, 2.24) is 14.4 Å². The molecule has 0 aliphatic rings. The number of carbonyl (C=O) groups excluding carboxylic acids is 1.